The summed E-state index contributed by atoms with van der Waals surface area (Å²) < 4.78 is 0. The highest BCUT2D eigenvalue weighted by molar-refractivity contribution is 6.31. The second-order valence-corrected chi connectivity index (χ2v) is 4.36. The Morgan fingerprint density at radius 1 is 1.38 bits per heavy atom. The minimum Gasteiger partial charge on any atom is -0.384 e. The number of nitrogens with one attached hydrogen (secondary N) is 1. The van der Waals surface area contributed by atoms with Crippen molar-refractivity contribution in [3.05, 3.63) is 28.3 Å². The number of anilines is 1. The highest BCUT2D eigenvalue weighted by atomic mass is 35.5. The molecule has 1 nitrogen and oxygen atoms in total. The zero-order valence-corrected chi connectivity index (χ0v) is 8.19. The normalized spacial score (nSPS) is 23.9. The van der Waals surface area contributed by atoms with Crippen molar-refractivity contribution in [2.24, 2.45) is 0 Å². The second kappa shape index (κ2) is 2.65. The summed E-state index contributed by atoms with van der Waals surface area (Å²) in [4.78, 5) is 0. The molecule has 0 bridgehead atoms. The van der Waals surface area contributed by atoms with Crippen LogP contribution >= 0.6 is 11.6 Å². The van der Waals surface area contributed by atoms with Crippen LogP contribution in [-0.4, -0.2) is 6.54 Å². The molecule has 0 radical (unpaired) electrons. The fraction of sp³-hybridized carbons (Fsp3) is 0.455. The lowest BCUT2D eigenvalue weighted by molar-refractivity contribution is 0.592. The van der Waals surface area contributed by atoms with Gasteiger partial charge in [-0.3, -0.25) is 0 Å². The van der Waals surface area contributed by atoms with E-state index < -0.39 is 0 Å². The van der Waals surface area contributed by atoms with Crippen molar-refractivity contribution in [2.75, 3.05) is 11.9 Å². The standard InChI is InChI=1S/C11H12ClN/c12-9-4-5-10-11-7(6-13-10)2-1-3-8(9)11/h4-5,7,13H,1-3,6H2. The van der Waals surface area contributed by atoms with E-state index in [9.17, 15) is 0 Å². The molecule has 3 rings (SSSR count). The van der Waals surface area contributed by atoms with Crippen molar-refractivity contribution in [1.82, 2.24) is 0 Å². The van der Waals surface area contributed by atoms with Gasteiger partial charge in [-0.05, 0) is 42.5 Å². The summed E-state index contributed by atoms with van der Waals surface area (Å²) in [6.45, 7) is 1.11. The first-order valence-corrected chi connectivity index (χ1v) is 5.29. The molecule has 0 saturated carbocycles. The summed E-state index contributed by atoms with van der Waals surface area (Å²) in [7, 11) is 0. The first-order valence-electron chi connectivity index (χ1n) is 4.91. The molecule has 1 N–H and O–H groups in total. The van der Waals surface area contributed by atoms with Crippen LogP contribution in [0.5, 0.6) is 0 Å². The van der Waals surface area contributed by atoms with E-state index in [0.717, 1.165) is 17.5 Å². The van der Waals surface area contributed by atoms with Crippen LogP contribution in [0, 0.1) is 0 Å². The summed E-state index contributed by atoms with van der Waals surface area (Å²) in [6, 6.07) is 4.14. The van der Waals surface area contributed by atoms with Crippen LogP contribution in [0.2, 0.25) is 5.02 Å². The number of rotatable bonds is 0. The lowest BCUT2D eigenvalue weighted by Crippen LogP contribution is -2.09. The quantitative estimate of drug-likeness (QED) is 0.668. The summed E-state index contributed by atoms with van der Waals surface area (Å²) in [5, 5.41) is 4.42. The van der Waals surface area contributed by atoms with E-state index in [2.05, 4.69) is 11.4 Å². The summed E-state index contributed by atoms with van der Waals surface area (Å²) >= 11 is 6.18. The number of hydrogen-bond acceptors (Lipinski definition) is 1. The SMILES string of the molecule is Clc1ccc2c3c1CCCC3CN2. The van der Waals surface area contributed by atoms with Crippen LogP contribution in [0.15, 0.2) is 12.1 Å². The smallest absolute Gasteiger partial charge is 0.0442 e. The lowest BCUT2D eigenvalue weighted by Gasteiger charge is -2.21. The van der Waals surface area contributed by atoms with Crippen LogP contribution in [0.1, 0.15) is 29.9 Å². The van der Waals surface area contributed by atoms with Gasteiger partial charge < -0.3 is 5.32 Å². The predicted molar refractivity (Wildman–Crippen MR) is 55.6 cm³/mol. The Morgan fingerprint density at radius 2 is 2.31 bits per heavy atom. The van der Waals surface area contributed by atoms with E-state index in [1.165, 1.54) is 36.1 Å². The third-order valence-corrected chi connectivity index (χ3v) is 3.58. The Kier molecular flexibility index (Phi) is 1.57. The van der Waals surface area contributed by atoms with E-state index in [4.69, 9.17) is 11.6 Å². The fourth-order valence-electron chi connectivity index (χ4n) is 2.62. The largest absolute Gasteiger partial charge is 0.384 e. The van der Waals surface area contributed by atoms with Crippen molar-refractivity contribution in [1.29, 1.82) is 0 Å². The van der Waals surface area contributed by atoms with Gasteiger partial charge in [-0.25, -0.2) is 0 Å². The molecule has 1 aromatic rings. The van der Waals surface area contributed by atoms with E-state index in [0.29, 0.717) is 0 Å². The maximum atomic E-state index is 6.18. The molecule has 1 aromatic carbocycles. The highest BCUT2D eigenvalue weighted by Gasteiger charge is 2.29. The molecule has 0 fully saturated rings. The molecule has 2 heteroatoms. The van der Waals surface area contributed by atoms with Crippen LogP contribution in [0.3, 0.4) is 0 Å². The zero-order chi connectivity index (χ0) is 8.84. The molecule has 1 aliphatic carbocycles. The van der Waals surface area contributed by atoms with Gasteiger partial charge in [0.25, 0.3) is 0 Å². The van der Waals surface area contributed by atoms with E-state index in [1.54, 1.807) is 0 Å². The number of benzene rings is 1. The molecular formula is C11H12ClN. The number of halogens is 1. The van der Waals surface area contributed by atoms with E-state index in [-0.39, 0.29) is 0 Å². The van der Waals surface area contributed by atoms with Gasteiger partial charge in [0.05, 0.1) is 0 Å². The maximum absolute atomic E-state index is 6.18. The minimum absolute atomic E-state index is 0.734. The first kappa shape index (κ1) is 7.69. The van der Waals surface area contributed by atoms with Crippen molar-refractivity contribution < 1.29 is 0 Å². The van der Waals surface area contributed by atoms with Crippen molar-refractivity contribution in [2.45, 2.75) is 25.2 Å². The number of hydrogen-bond donors (Lipinski definition) is 1. The molecule has 1 aliphatic heterocycles. The van der Waals surface area contributed by atoms with Gasteiger partial charge in [-0.1, -0.05) is 11.6 Å². The molecule has 0 amide bonds. The monoisotopic (exact) mass is 193 g/mol. The molecule has 1 unspecified atom stereocenters. The minimum atomic E-state index is 0.734. The van der Waals surface area contributed by atoms with Gasteiger partial charge in [0, 0.05) is 23.2 Å². The maximum Gasteiger partial charge on any atom is 0.0442 e. The summed E-state index contributed by atoms with van der Waals surface area (Å²) in [5.74, 6) is 0.734. The van der Waals surface area contributed by atoms with Crippen LogP contribution in [0.25, 0.3) is 0 Å². The molecule has 0 spiro atoms. The Balaban J connectivity index is 2.26. The van der Waals surface area contributed by atoms with Gasteiger partial charge in [-0.2, -0.15) is 0 Å². The Labute approximate surface area is 83.1 Å². The third kappa shape index (κ3) is 1.000. The summed E-state index contributed by atoms with van der Waals surface area (Å²) in [6.07, 6.45) is 3.79. The third-order valence-electron chi connectivity index (χ3n) is 3.23. The first-order chi connectivity index (χ1) is 6.36. The highest BCUT2D eigenvalue weighted by Crippen LogP contribution is 2.43. The fourth-order valence-corrected chi connectivity index (χ4v) is 2.88. The van der Waals surface area contributed by atoms with Crippen molar-refractivity contribution in [3.63, 3.8) is 0 Å². The topological polar surface area (TPSA) is 12.0 Å². The molecule has 1 heterocycles. The molecular weight excluding hydrogens is 182 g/mol. The Bertz CT molecular complexity index is 359. The van der Waals surface area contributed by atoms with Gasteiger partial charge >= 0.3 is 0 Å². The molecule has 68 valence electrons. The molecule has 2 aliphatic rings. The van der Waals surface area contributed by atoms with Gasteiger partial charge in [0.2, 0.25) is 0 Å². The van der Waals surface area contributed by atoms with Gasteiger partial charge in [0.15, 0.2) is 0 Å². The average Bonchev–Trinajstić information content (AvgIpc) is 2.57. The lowest BCUT2D eigenvalue weighted by atomic mass is 9.84. The van der Waals surface area contributed by atoms with Crippen LogP contribution < -0.4 is 5.32 Å². The molecule has 13 heavy (non-hydrogen) atoms. The van der Waals surface area contributed by atoms with Gasteiger partial charge in [-0.15, -0.1) is 0 Å². The predicted octanol–water partition coefficient (Wildman–Crippen LogP) is 3.19. The van der Waals surface area contributed by atoms with Crippen LogP contribution in [-0.2, 0) is 6.42 Å². The Hall–Kier alpha value is -0.690. The van der Waals surface area contributed by atoms with E-state index in [1.807, 2.05) is 6.07 Å². The van der Waals surface area contributed by atoms with Crippen molar-refractivity contribution >= 4 is 17.3 Å². The average molecular weight is 194 g/mol. The zero-order valence-electron chi connectivity index (χ0n) is 7.44. The Morgan fingerprint density at radius 3 is 3.23 bits per heavy atom. The summed E-state index contributed by atoms with van der Waals surface area (Å²) in [5.41, 5.74) is 4.24. The molecule has 0 aromatic heterocycles. The molecule has 1 atom stereocenters. The van der Waals surface area contributed by atoms with E-state index >= 15 is 0 Å². The van der Waals surface area contributed by atoms with Crippen molar-refractivity contribution in [3.8, 4) is 0 Å². The van der Waals surface area contributed by atoms with Crippen LogP contribution in [0.4, 0.5) is 5.69 Å². The second-order valence-electron chi connectivity index (χ2n) is 3.96. The van der Waals surface area contributed by atoms with Gasteiger partial charge in [0.1, 0.15) is 0 Å². The molecule has 0 saturated heterocycles.